The van der Waals surface area contributed by atoms with Gasteiger partial charge in [-0.2, -0.15) is 0 Å². The number of hydrogen-bond acceptors (Lipinski definition) is 2. The largest absolute Gasteiger partial charge is 0.347 e. The van der Waals surface area contributed by atoms with Crippen molar-refractivity contribution in [2.45, 2.75) is 0 Å². The summed E-state index contributed by atoms with van der Waals surface area (Å²) in [7, 11) is 5.22. The highest BCUT2D eigenvalue weighted by molar-refractivity contribution is 6.03. The summed E-state index contributed by atoms with van der Waals surface area (Å²) in [5, 5.41) is 2.80. The summed E-state index contributed by atoms with van der Waals surface area (Å²) in [6.45, 7) is 0. The number of amides is 2. The van der Waals surface area contributed by atoms with Gasteiger partial charge in [0.15, 0.2) is 0 Å². The van der Waals surface area contributed by atoms with Crippen molar-refractivity contribution in [2.24, 2.45) is 7.05 Å². The van der Waals surface area contributed by atoms with Crippen LogP contribution in [0.25, 0.3) is 0 Å². The second-order valence-corrected chi connectivity index (χ2v) is 4.74. The second-order valence-electron chi connectivity index (χ2n) is 4.74. The van der Waals surface area contributed by atoms with E-state index in [1.165, 1.54) is 4.90 Å². The maximum Gasteiger partial charge on any atom is 0.272 e. The fourth-order valence-electron chi connectivity index (χ4n) is 1.85. The van der Waals surface area contributed by atoms with Crippen molar-refractivity contribution in [2.75, 3.05) is 19.4 Å². The molecule has 0 aliphatic carbocycles. The lowest BCUT2D eigenvalue weighted by Gasteiger charge is -2.11. The Bertz CT molecular complexity index is 627. The van der Waals surface area contributed by atoms with E-state index >= 15 is 0 Å². The average Bonchev–Trinajstić information content (AvgIpc) is 2.85. The van der Waals surface area contributed by atoms with E-state index < -0.39 is 0 Å². The number of anilines is 1. The Morgan fingerprint density at radius 2 is 1.75 bits per heavy atom. The van der Waals surface area contributed by atoms with Crippen LogP contribution in [-0.2, 0) is 7.05 Å². The lowest BCUT2D eigenvalue weighted by molar-refractivity contribution is 0.0827. The number of nitrogens with one attached hydrogen (secondary N) is 1. The quantitative estimate of drug-likeness (QED) is 0.928. The fraction of sp³-hybridized carbons (Fsp3) is 0.200. The summed E-state index contributed by atoms with van der Waals surface area (Å²) in [5.41, 5.74) is 1.83. The van der Waals surface area contributed by atoms with Gasteiger partial charge in [-0.1, -0.05) is 0 Å². The monoisotopic (exact) mass is 271 g/mol. The van der Waals surface area contributed by atoms with Crippen molar-refractivity contribution < 1.29 is 9.59 Å². The molecule has 0 aliphatic rings. The zero-order chi connectivity index (χ0) is 14.7. The molecule has 104 valence electrons. The molecule has 1 heterocycles. The van der Waals surface area contributed by atoms with Gasteiger partial charge in [-0.05, 0) is 36.4 Å². The minimum absolute atomic E-state index is 0.0645. The van der Waals surface area contributed by atoms with Crippen LogP contribution in [-0.4, -0.2) is 35.4 Å². The van der Waals surface area contributed by atoms with Crippen molar-refractivity contribution in [3.8, 4) is 0 Å². The highest BCUT2D eigenvalue weighted by Gasteiger charge is 2.10. The minimum Gasteiger partial charge on any atom is -0.347 e. The summed E-state index contributed by atoms with van der Waals surface area (Å²) in [6, 6.07) is 10.4. The maximum absolute atomic E-state index is 12.0. The van der Waals surface area contributed by atoms with Crippen molar-refractivity contribution >= 4 is 17.5 Å². The zero-order valence-corrected chi connectivity index (χ0v) is 11.8. The molecule has 0 aliphatic heterocycles. The summed E-state index contributed by atoms with van der Waals surface area (Å²) >= 11 is 0. The molecule has 1 N–H and O–H groups in total. The van der Waals surface area contributed by atoms with Gasteiger partial charge in [-0.15, -0.1) is 0 Å². The summed E-state index contributed by atoms with van der Waals surface area (Å²) in [4.78, 5) is 25.3. The first-order valence-electron chi connectivity index (χ1n) is 6.23. The first-order chi connectivity index (χ1) is 9.49. The molecule has 5 heteroatoms. The second kappa shape index (κ2) is 5.61. The van der Waals surface area contributed by atoms with E-state index in [0.29, 0.717) is 16.9 Å². The van der Waals surface area contributed by atoms with E-state index in [0.717, 1.165) is 0 Å². The van der Waals surface area contributed by atoms with Gasteiger partial charge in [0.05, 0.1) is 0 Å². The van der Waals surface area contributed by atoms with Gasteiger partial charge in [0, 0.05) is 38.6 Å². The van der Waals surface area contributed by atoms with Gasteiger partial charge >= 0.3 is 0 Å². The van der Waals surface area contributed by atoms with E-state index in [1.54, 1.807) is 49.0 Å². The molecular weight excluding hydrogens is 254 g/mol. The number of aryl methyl sites for hydroxylation is 1. The number of rotatable bonds is 3. The van der Waals surface area contributed by atoms with Gasteiger partial charge in [0.25, 0.3) is 11.8 Å². The highest BCUT2D eigenvalue weighted by Crippen LogP contribution is 2.12. The molecule has 2 rings (SSSR count). The molecule has 0 fully saturated rings. The fourth-order valence-corrected chi connectivity index (χ4v) is 1.85. The molecule has 20 heavy (non-hydrogen) atoms. The molecule has 2 amide bonds. The van der Waals surface area contributed by atoms with Crippen LogP contribution in [0.5, 0.6) is 0 Å². The summed E-state index contributed by atoms with van der Waals surface area (Å²) < 4.78 is 1.75. The lowest BCUT2D eigenvalue weighted by Crippen LogP contribution is -2.21. The SMILES string of the molecule is CN(C)C(=O)c1ccc(NC(=O)c2cccn2C)cc1. The molecule has 0 bridgehead atoms. The Balaban J connectivity index is 2.10. The molecule has 0 unspecified atom stereocenters. The average molecular weight is 271 g/mol. The van der Waals surface area contributed by atoms with Crippen LogP contribution in [0.3, 0.4) is 0 Å². The van der Waals surface area contributed by atoms with Gasteiger partial charge < -0.3 is 14.8 Å². The van der Waals surface area contributed by atoms with Crippen LogP contribution in [0, 0.1) is 0 Å². The third-order valence-electron chi connectivity index (χ3n) is 2.97. The summed E-state index contributed by atoms with van der Waals surface area (Å²) in [6.07, 6.45) is 1.81. The predicted molar refractivity (Wildman–Crippen MR) is 77.8 cm³/mol. The van der Waals surface area contributed by atoms with Crippen LogP contribution < -0.4 is 5.32 Å². The number of nitrogens with zero attached hydrogens (tertiary/aromatic N) is 2. The molecule has 1 aromatic heterocycles. The lowest BCUT2D eigenvalue weighted by atomic mass is 10.2. The molecule has 5 nitrogen and oxygen atoms in total. The Kier molecular flexibility index (Phi) is 3.89. The zero-order valence-electron chi connectivity index (χ0n) is 11.8. The van der Waals surface area contributed by atoms with Crippen molar-refractivity contribution in [3.63, 3.8) is 0 Å². The number of carbonyl (C=O) groups excluding carboxylic acids is 2. The predicted octanol–water partition coefficient (Wildman–Crippen LogP) is 1.98. The molecule has 0 saturated heterocycles. The van der Waals surface area contributed by atoms with Crippen LogP contribution in [0.15, 0.2) is 42.6 Å². The van der Waals surface area contributed by atoms with Gasteiger partial charge in [-0.3, -0.25) is 9.59 Å². The van der Waals surface area contributed by atoms with E-state index in [4.69, 9.17) is 0 Å². The Hall–Kier alpha value is -2.56. The Labute approximate surface area is 117 Å². The first kappa shape index (κ1) is 13.9. The van der Waals surface area contributed by atoms with Crippen molar-refractivity contribution in [1.29, 1.82) is 0 Å². The highest BCUT2D eigenvalue weighted by atomic mass is 16.2. The van der Waals surface area contributed by atoms with Gasteiger partial charge in [0.1, 0.15) is 5.69 Å². The van der Waals surface area contributed by atoms with E-state index in [2.05, 4.69) is 5.32 Å². The molecular formula is C15H17N3O2. The number of benzene rings is 1. The van der Waals surface area contributed by atoms with Crippen LogP contribution in [0.1, 0.15) is 20.8 Å². The third-order valence-corrected chi connectivity index (χ3v) is 2.97. The maximum atomic E-state index is 12.0. The molecule has 0 saturated carbocycles. The Morgan fingerprint density at radius 3 is 2.25 bits per heavy atom. The molecule has 0 atom stereocenters. The van der Waals surface area contributed by atoms with Crippen LogP contribution in [0.2, 0.25) is 0 Å². The van der Waals surface area contributed by atoms with E-state index in [1.807, 2.05) is 19.3 Å². The van der Waals surface area contributed by atoms with Crippen molar-refractivity contribution in [1.82, 2.24) is 9.47 Å². The van der Waals surface area contributed by atoms with Crippen molar-refractivity contribution in [3.05, 3.63) is 53.9 Å². The molecule has 2 aromatic rings. The van der Waals surface area contributed by atoms with E-state index in [9.17, 15) is 9.59 Å². The van der Waals surface area contributed by atoms with Crippen LogP contribution in [0.4, 0.5) is 5.69 Å². The van der Waals surface area contributed by atoms with Gasteiger partial charge in [0.2, 0.25) is 0 Å². The summed E-state index contributed by atoms with van der Waals surface area (Å²) in [5.74, 6) is -0.241. The Morgan fingerprint density at radius 1 is 1.10 bits per heavy atom. The topological polar surface area (TPSA) is 54.3 Å². The standard InChI is InChI=1S/C15H17N3O2/c1-17(2)15(20)11-6-8-12(9-7-11)16-14(19)13-5-4-10-18(13)3/h4-10H,1-3H3,(H,16,19). The minimum atomic E-state index is -0.177. The number of hydrogen-bond donors (Lipinski definition) is 1. The van der Waals surface area contributed by atoms with Gasteiger partial charge in [-0.25, -0.2) is 0 Å². The molecule has 1 aromatic carbocycles. The first-order valence-corrected chi connectivity index (χ1v) is 6.23. The van der Waals surface area contributed by atoms with E-state index in [-0.39, 0.29) is 11.8 Å². The number of aromatic nitrogens is 1. The smallest absolute Gasteiger partial charge is 0.272 e. The van der Waals surface area contributed by atoms with Crippen LogP contribution >= 0.6 is 0 Å². The normalized spacial score (nSPS) is 10.2. The molecule has 0 radical (unpaired) electrons. The molecule has 0 spiro atoms. The number of carbonyl (C=O) groups is 2. The third kappa shape index (κ3) is 2.88.